The molecule has 0 saturated carbocycles. The normalized spacial score (nSPS) is 14.2. The first-order chi connectivity index (χ1) is 10.4. The van der Waals surface area contributed by atoms with E-state index < -0.39 is 31.9 Å². The van der Waals surface area contributed by atoms with Crippen molar-refractivity contribution in [2.45, 2.75) is 16.7 Å². The van der Waals surface area contributed by atoms with E-state index in [1.165, 1.54) is 46.3 Å². The van der Waals surface area contributed by atoms with Crippen LogP contribution in [0.1, 0.15) is 6.92 Å². The van der Waals surface area contributed by atoms with Gasteiger partial charge in [0.2, 0.25) is 20.0 Å². The van der Waals surface area contributed by atoms with Gasteiger partial charge in [-0.15, -0.1) is 0 Å². The molecule has 0 aliphatic carbocycles. The lowest BCUT2D eigenvalue weighted by molar-refractivity contribution is -0.141. The topological polar surface area (TPSA) is 112 Å². The fraction of sp³-hybridized carbons (Fsp3) is 0.462. The van der Waals surface area contributed by atoms with Gasteiger partial charge in [-0.25, -0.2) is 25.4 Å². The number of hydrogen-bond acceptors (Lipinski definition) is 5. The van der Waals surface area contributed by atoms with Crippen LogP contribution in [0.2, 0.25) is 0 Å². The van der Waals surface area contributed by atoms with Crippen LogP contribution in [0.5, 0.6) is 0 Å². The molecule has 1 N–H and O–H groups in total. The quantitative estimate of drug-likeness (QED) is 0.744. The van der Waals surface area contributed by atoms with Crippen LogP contribution in [-0.4, -0.2) is 64.2 Å². The maximum atomic E-state index is 12.5. The Balaban J connectivity index is 3.23. The lowest BCUT2D eigenvalue weighted by Gasteiger charge is -2.20. The van der Waals surface area contributed by atoms with Crippen LogP contribution >= 0.6 is 0 Å². The zero-order valence-electron chi connectivity index (χ0n) is 13.3. The summed E-state index contributed by atoms with van der Waals surface area (Å²) in [5, 5.41) is 8.87. The third kappa shape index (κ3) is 4.28. The molecular weight excluding hydrogens is 344 g/mol. The molecule has 0 saturated heterocycles. The second kappa shape index (κ2) is 6.95. The summed E-state index contributed by atoms with van der Waals surface area (Å²) in [6.07, 6.45) is 0. The van der Waals surface area contributed by atoms with E-state index in [-0.39, 0.29) is 16.3 Å². The number of aliphatic carboxylic acids is 1. The van der Waals surface area contributed by atoms with E-state index in [9.17, 15) is 21.6 Å². The molecule has 0 bridgehead atoms. The molecule has 0 aliphatic rings. The number of carboxylic acids is 1. The van der Waals surface area contributed by atoms with Crippen LogP contribution in [0, 0.1) is 5.92 Å². The molecule has 0 fully saturated rings. The van der Waals surface area contributed by atoms with Gasteiger partial charge < -0.3 is 5.11 Å². The Labute approximate surface area is 136 Å². The second-order valence-electron chi connectivity index (χ2n) is 5.29. The number of benzene rings is 1. The molecule has 1 aromatic rings. The van der Waals surface area contributed by atoms with E-state index in [0.717, 1.165) is 14.7 Å². The highest BCUT2D eigenvalue weighted by Crippen LogP contribution is 2.21. The molecule has 0 heterocycles. The summed E-state index contributed by atoms with van der Waals surface area (Å²) in [5.74, 6) is -2.00. The molecule has 1 aromatic carbocycles. The van der Waals surface area contributed by atoms with Crippen molar-refractivity contribution >= 4 is 26.0 Å². The highest BCUT2D eigenvalue weighted by molar-refractivity contribution is 7.90. The SMILES string of the molecule is CC(CN(C)S(=O)(=O)c1cccc(S(=O)(=O)N(C)C)c1)C(=O)O. The molecule has 8 nitrogen and oxygen atoms in total. The number of rotatable bonds is 7. The molecule has 0 aromatic heterocycles. The van der Waals surface area contributed by atoms with E-state index >= 15 is 0 Å². The van der Waals surface area contributed by atoms with Crippen LogP contribution in [-0.2, 0) is 24.8 Å². The lowest BCUT2D eigenvalue weighted by atomic mass is 10.2. The first-order valence-corrected chi connectivity index (χ1v) is 9.50. The van der Waals surface area contributed by atoms with Gasteiger partial charge in [-0.1, -0.05) is 13.0 Å². The number of carbonyl (C=O) groups is 1. The van der Waals surface area contributed by atoms with Crippen molar-refractivity contribution in [2.24, 2.45) is 5.92 Å². The van der Waals surface area contributed by atoms with E-state index in [0.29, 0.717) is 0 Å². The van der Waals surface area contributed by atoms with Gasteiger partial charge in [-0.2, -0.15) is 0 Å². The Kier molecular flexibility index (Phi) is 5.91. The fourth-order valence-corrected chi connectivity index (χ4v) is 4.08. The lowest BCUT2D eigenvalue weighted by Crippen LogP contribution is -2.33. The number of hydrogen-bond donors (Lipinski definition) is 1. The van der Waals surface area contributed by atoms with E-state index in [4.69, 9.17) is 5.11 Å². The Hall–Kier alpha value is -1.49. The van der Waals surface area contributed by atoms with Crippen molar-refractivity contribution < 1.29 is 26.7 Å². The molecule has 1 atom stereocenters. The van der Waals surface area contributed by atoms with Crippen LogP contribution in [0.3, 0.4) is 0 Å². The number of sulfonamides is 2. The summed E-state index contributed by atoms with van der Waals surface area (Å²) in [4.78, 5) is 10.5. The van der Waals surface area contributed by atoms with Crippen LogP contribution in [0.25, 0.3) is 0 Å². The van der Waals surface area contributed by atoms with E-state index in [2.05, 4.69) is 0 Å². The van der Waals surface area contributed by atoms with Crippen LogP contribution < -0.4 is 0 Å². The van der Waals surface area contributed by atoms with Gasteiger partial charge in [0.1, 0.15) is 0 Å². The predicted molar refractivity (Wildman–Crippen MR) is 83.9 cm³/mol. The van der Waals surface area contributed by atoms with Crippen molar-refractivity contribution in [1.29, 1.82) is 0 Å². The number of nitrogens with zero attached hydrogens (tertiary/aromatic N) is 2. The minimum atomic E-state index is -3.99. The Bertz CT molecular complexity index is 786. The predicted octanol–water partition coefficient (Wildman–Crippen LogP) is 0.278. The van der Waals surface area contributed by atoms with Gasteiger partial charge in [-0.05, 0) is 18.2 Å². The van der Waals surface area contributed by atoms with Gasteiger partial charge in [0.05, 0.1) is 15.7 Å². The zero-order valence-corrected chi connectivity index (χ0v) is 14.9. The average Bonchev–Trinajstić information content (AvgIpc) is 2.46. The van der Waals surface area contributed by atoms with Crippen molar-refractivity contribution in [3.63, 3.8) is 0 Å². The van der Waals surface area contributed by atoms with E-state index in [1.807, 2.05) is 0 Å². The monoisotopic (exact) mass is 364 g/mol. The molecule has 1 unspecified atom stereocenters. The molecule has 0 aliphatic heterocycles. The van der Waals surface area contributed by atoms with Crippen molar-refractivity contribution in [3.05, 3.63) is 24.3 Å². The second-order valence-corrected chi connectivity index (χ2v) is 9.48. The van der Waals surface area contributed by atoms with Gasteiger partial charge in [-0.3, -0.25) is 4.79 Å². The third-order valence-corrected chi connectivity index (χ3v) is 6.88. The molecule has 0 radical (unpaired) electrons. The maximum absolute atomic E-state index is 12.5. The largest absolute Gasteiger partial charge is 0.481 e. The average molecular weight is 364 g/mol. The molecule has 0 amide bonds. The summed E-state index contributed by atoms with van der Waals surface area (Å²) in [6.45, 7) is 1.17. The first kappa shape index (κ1) is 19.6. The summed E-state index contributed by atoms with van der Waals surface area (Å²) < 4.78 is 51.0. The molecular formula is C13H20N2O6S2. The Morgan fingerprint density at radius 2 is 1.57 bits per heavy atom. The summed E-state index contributed by atoms with van der Waals surface area (Å²) in [7, 11) is -3.81. The van der Waals surface area contributed by atoms with Crippen LogP contribution in [0.4, 0.5) is 0 Å². The van der Waals surface area contributed by atoms with Gasteiger partial charge in [0, 0.05) is 27.7 Å². The summed E-state index contributed by atoms with van der Waals surface area (Å²) >= 11 is 0. The third-order valence-electron chi connectivity index (χ3n) is 3.24. The van der Waals surface area contributed by atoms with Gasteiger partial charge >= 0.3 is 5.97 Å². The minimum Gasteiger partial charge on any atom is -0.481 e. The van der Waals surface area contributed by atoms with Crippen molar-refractivity contribution in [2.75, 3.05) is 27.7 Å². The Morgan fingerprint density at radius 1 is 1.09 bits per heavy atom. The van der Waals surface area contributed by atoms with Crippen molar-refractivity contribution in [3.8, 4) is 0 Å². The minimum absolute atomic E-state index is 0.150. The zero-order chi connectivity index (χ0) is 18.0. The number of carboxylic acid groups (broad SMARTS) is 1. The highest BCUT2D eigenvalue weighted by atomic mass is 32.2. The fourth-order valence-electron chi connectivity index (χ4n) is 1.75. The summed E-state index contributed by atoms with van der Waals surface area (Å²) in [5.41, 5.74) is 0. The molecule has 23 heavy (non-hydrogen) atoms. The molecule has 10 heteroatoms. The van der Waals surface area contributed by atoms with Crippen LogP contribution in [0.15, 0.2) is 34.1 Å². The molecule has 1 rings (SSSR count). The standard InChI is InChI=1S/C13H20N2O6S2/c1-10(13(16)17)9-15(4)23(20,21)12-7-5-6-11(8-12)22(18,19)14(2)3/h5-8,10H,9H2,1-4H3,(H,16,17). The molecule has 0 spiro atoms. The first-order valence-electron chi connectivity index (χ1n) is 6.62. The smallest absolute Gasteiger partial charge is 0.307 e. The van der Waals surface area contributed by atoms with Crippen molar-refractivity contribution in [1.82, 2.24) is 8.61 Å². The summed E-state index contributed by atoms with van der Waals surface area (Å²) in [6, 6.07) is 4.96. The highest BCUT2D eigenvalue weighted by Gasteiger charge is 2.26. The molecule has 130 valence electrons. The van der Waals surface area contributed by atoms with E-state index in [1.54, 1.807) is 0 Å². The van der Waals surface area contributed by atoms with Gasteiger partial charge in [0.25, 0.3) is 0 Å². The maximum Gasteiger partial charge on any atom is 0.307 e. The Morgan fingerprint density at radius 3 is 2.00 bits per heavy atom. The van der Waals surface area contributed by atoms with Gasteiger partial charge in [0.15, 0.2) is 0 Å².